The number of nitrogens with two attached hydrogens (primary N) is 1. The summed E-state index contributed by atoms with van der Waals surface area (Å²) in [7, 11) is 0. The maximum absolute atomic E-state index is 12.0. The highest BCUT2D eigenvalue weighted by Crippen LogP contribution is 2.24. The first kappa shape index (κ1) is 12.9. The SMILES string of the molecule is Cc1csc(C(N)c2ccc(OC(F)F)cc2)n1. The van der Waals surface area contributed by atoms with Crippen LogP contribution in [0.1, 0.15) is 22.3 Å². The van der Waals surface area contributed by atoms with Gasteiger partial charge in [-0.1, -0.05) is 12.1 Å². The summed E-state index contributed by atoms with van der Waals surface area (Å²) in [6.45, 7) is -0.919. The second kappa shape index (κ2) is 5.41. The molecule has 0 spiro atoms. The number of thiazole rings is 1. The van der Waals surface area contributed by atoms with Gasteiger partial charge in [-0.05, 0) is 24.6 Å². The van der Waals surface area contributed by atoms with Crippen molar-refractivity contribution in [3.63, 3.8) is 0 Å². The second-order valence-corrected chi connectivity index (χ2v) is 4.64. The molecule has 2 rings (SSSR count). The highest BCUT2D eigenvalue weighted by atomic mass is 32.1. The molecule has 0 amide bonds. The molecule has 3 nitrogen and oxygen atoms in total. The molecule has 1 aromatic carbocycles. The number of ether oxygens (including phenoxy) is 1. The number of hydrogen-bond acceptors (Lipinski definition) is 4. The first-order valence-corrected chi connectivity index (χ1v) is 6.16. The fourth-order valence-electron chi connectivity index (χ4n) is 1.51. The topological polar surface area (TPSA) is 48.1 Å². The number of nitrogens with zero attached hydrogens (tertiary/aromatic N) is 1. The van der Waals surface area contributed by atoms with E-state index in [1.165, 1.54) is 23.5 Å². The van der Waals surface area contributed by atoms with Crippen LogP contribution in [-0.4, -0.2) is 11.6 Å². The van der Waals surface area contributed by atoms with Gasteiger partial charge in [0.2, 0.25) is 0 Å². The molecule has 0 aliphatic heterocycles. The van der Waals surface area contributed by atoms with Crippen molar-refractivity contribution < 1.29 is 13.5 Å². The smallest absolute Gasteiger partial charge is 0.387 e. The van der Waals surface area contributed by atoms with Crippen LogP contribution in [-0.2, 0) is 0 Å². The molecule has 1 aromatic heterocycles. The second-order valence-electron chi connectivity index (χ2n) is 3.75. The Morgan fingerprint density at radius 1 is 1.28 bits per heavy atom. The van der Waals surface area contributed by atoms with Gasteiger partial charge in [0, 0.05) is 11.1 Å². The van der Waals surface area contributed by atoms with Crippen LogP contribution < -0.4 is 10.5 Å². The van der Waals surface area contributed by atoms with Gasteiger partial charge in [-0.25, -0.2) is 4.98 Å². The van der Waals surface area contributed by atoms with E-state index in [0.29, 0.717) is 0 Å². The number of hydrogen-bond donors (Lipinski definition) is 1. The summed E-state index contributed by atoms with van der Waals surface area (Å²) in [4.78, 5) is 4.30. The van der Waals surface area contributed by atoms with Gasteiger partial charge in [0.05, 0.1) is 6.04 Å². The third-order valence-electron chi connectivity index (χ3n) is 2.37. The minimum absolute atomic E-state index is 0.122. The van der Waals surface area contributed by atoms with Crippen LogP contribution in [0.5, 0.6) is 5.75 Å². The van der Waals surface area contributed by atoms with Gasteiger partial charge in [-0.15, -0.1) is 11.3 Å². The third-order valence-corrected chi connectivity index (χ3v) is 3.41. The molecule has 0 saturated heterocycles. The maximum Gasteiger partial charge on any atom is 0.387 e. The van der Waals surface area contributed by atoms with Crippen molar-refractivity contribution in [1.29, 1.82) is 0 Å². The van der Waals surface area contributed by atoms with E-state index in [1.54, 1.807) is 12.1 Å². The Morgan fingerprint density at radius 3 is 2.44 bits per heavy atom. The molecule has 18 heavy (non-hydrogen) atoms. The average Bonchev–Trinajstić information content (AvgIpc) is 2.75. The van der Waals surface area contributed by atoms with E-state index in [2.05, 4.69) is 9.72 Å². The summed E-state index contributed by atoms with van der Waals surface area (Å²) in [5.74, 6) is 0.122. The number of alkyl halides is 2. The molecule has 96 valence electrons. The molecule has 2 N–H and O–H groups in total. The van der Waals surface area contributed by atoms with E-state index in [9.17, 15) is 8.78 Å². The Bertz CT molecular complexity index is 513. The maximum atomic E-state index is 12.0. The van der Waals surface area contributed by atoms with Crippen LogP contribution in [0.25, 0.3) is 0 Å². The lowest BCUT2D eigenvalue weighted by atomic mass is 10.1. The Labute approximate surface area is 107 Å². The molecule has 0 saturated carbocycles. The van der Waals surface area contributed by atoms with Gasteiger partial charge in [0.1, 0.15) is 10.8 Å². The quantitative estimate of drug-likeness (QED) is 0.928. The van der Waals surface area contributed by atoms with E-state index >= 15 is 0 Å². The van der Waals surface area contributed by atoms with Crippen LogP contribution >= 0.6 is 11.3 Å². The molecular formula is C12H12F2N2OS. The standard InChI is InChI=1S/C12H12F2N2OS/c1-7-6-18-11(16-7)10(15)8-2-4-9(5-3-8)17-12(13)14/h2-6,10,12H,15H2,1H3. The van der Waals surface area contributed by atoms with Crippen LogP contribution in [0.2, 0.25) is 0 Å². The molecule has 0 fully saturated rings. The summed E-state index contributed by atoms with van der Waals surface area (Å²) < 4.78 is 28.3. The van der Waals surface area contributed by atoms with Gasteiger partial charge in [-0.3, -0.25) is 0 Å². The van der Waals surface area contributed by atoms with Crippen molar-refractivity contribution in [3.8, 4) is 5.75 Å². The van der Waals surface area contributed by atoms with Crippen molar-refractivity contribution in [2.24, 2.45) is 5.73 Å². The third kappa shape index (κ3) is 3.02. The summed E-state index contributed by atoms with van der Waals surface area (Å²) >= 11 is 1.48. The van der Waals surface area contributed by atoms with E-state index in [4.69, 9.17) is 5.73 Å². The van der Waals surface area contributed by atoms with Crippen LogP contribution in [0.15, 0.2) is 29.6 Å². The van der Waals surface area contributed by atoms with E-state index < -0.39 is 6.61 Å². The molecule has 1 atom stereocenters. The molecule has 2 aromatic rings. The Hall–Kier alpha value is -1.53. The molecule has 0 aliphatic rings. The van der Waals surface area contributed by atoms with E-state index in [1.807, 2.05) is 12.3 Å². The summed E-state index contributed by atoms with van der Waals surface area (Å²) in [5.41, 5.74) is 7.77. The van der Waals surface area contributed by atoms with Gasteiger partial charge >= 0.3 is 6.61 Å². The molecule has 6 heteroatoms. The largest absolute Gasteiger partial charge is 0.435 e. The van der Waals surface area contributed by atoms with Crippen LogP contribution in [0.4, 0.5) is 8.78 Å². The van der Waals surface area contributed by atoms with Gasteiger partial charge in [0.25, 0.3) is 0 Å². The Morgan fingerprint density at radius 2 is 1.94 bits per heavy atom. The van der Waals surface area contributed by atoms with Crippen LogP contribution in [0.3, 0.4) is 0 Å². The fraction of sp³-hybridized carbons (Fsp3) is 0.250. The van der Waals surface area contributed by atoms with Crippen molar-refractivity contribution >= 4 is 11.3 Å². The highest BCUT2D eigenvalue weighted by molar-refractivity contribution is 7.09. The summed E-state index contributed by atoms with van der Waals surface area (Å²) in [6, 6.07) is 5.94. The minimum Gasteiger partial charge on any atom is -0.435 e. The first-order chi connectivity index (χ1) is 8.56. The zero-order valence-corrected chi connectivity index (χ0v) is 10.5. The minimum atomic E-state index is -2.81. The monoisotopic (exact) mass is 270 g/mol. The molecular weight excluding hydrogens is 258 g/mol. The lowest BCUT2D eigenvalue weighted by molar-refractivity contribution is -0.0498. The molecule has 1 unspecified atom stereocenters. The van der Waals surface area contributed by atoms with Crippen molar-refractivity contribution in [1.82, 2.24) is 4.98 Å². The Kier molecular flexibility index (Phi) is 3.88. The Balaban J connectivity index is 2.14. The number of benzene rings is 1. The van der Waals surface area contributed by atoms with Gasteiger partial charge in [0.15, 0.2) is 0 Å². The zero-order chi connectivity index (χ0) is 13.1. The molecule has 0 aliphatic carbocycles. The van der Waals surface area contributed by atoms with E-state index in [-0.39, 0.29) is 11.8 Å². The van der Waals surface area contributed by atoms with Crippen molar-refractivity contribution in [3.05, 3.63) is 45.9 Å². The molecule has 1 heterocycles. The van der Waals surface area contributed by atoms with Crippen molar-refractivity contribution in [2.75, 3.05) is 0 Å². The number of rotatable bonds is 4. The highest BCUT2D eigenvalue weighted by Gasteiger charge is 2.13. The van der Waals surface area contributed by atoms with Gasteiger partial charge in [-0.2, -0.15) is 8.78 Å². The predicted octanol–water partition coefficient (Wildman–Crippen LogP) is 3.10. The first-order valence-electron chi connectivity index (χ1n) is 5.28. The van der Waals surface area contributed by atoms with E-state index in [0.717, 1.165) is 16.3 Å². The lowest BCUT2D eigenvalue weighted by Gasteiger charge is -2.10. The summed E-state index contributed by atoms with van der Waals surface area (Å²) in [5, 5.41) is 2.72. The number of aryl methyl sites for hydroxylation is 1. The van der Waals surface area contributed by atoms with Gasteiger partial charge < -0.3 is 10.5 Å². The molecule has 0 radical (unpaired) electrons. The number of aromatic nitrogens is 1. The lowest BCUT2D eigenvalue weighted by Crippen LogP contribution is -2.11. The average molecular weight is 270 g/mol. The van der Waals surface area contributed by atoms with Crippen LogP contribution in [0, 0.1) is 6.92 Å². The molecule has 0 bridgehead atoms. The number of halogens is 2. The normalized spacial score (nSPS) is 12.7. The predicted molar refractivity (Wildman–Crippen MR) is 66.0 cm³/mol. The zero-order valence-electron chi connectivity index (χ0n) is 9.64. The fourth-order valence-corrected chi connectivity index (χ4v) is 2.34. The van der Waals surface area contributed by atoms with Crippen molar-refractivity contribution in [2.45, 2.75) is 19.6 Å². The summed E-state index contributed by atoms with van der Waals surface area (Å²) in [6.07, 6.45) is 0.